The zero-order valence-electron chi connectivity index (χ0n) is 9.09. The Labute approximate surface area is 99.6 Å². The molecule has 1 aromatic rings. The molecule has 0 bridgehead atoms. The van der Waals surface area contributed by atoms with E-state index in [9.17, 15) is 5.11 Å². The predicted octanol–water partition coefficient (Wildman–Crippen LogP) is 3.86. The van der Waals surface area contributed by atoms with Gasteiger partial charge in [-0.25, -0.2) is 0 Å². The van der Waals surface area contributed by atoms with Crippen LogP contribution in [0.4, 0.5) is 5.69 Å². The molecule has 0 aromatic heterocycles. The third-order valence-electron chi connectivity index (χ3n) is 2.53. The molecule has 3 heteroatoms. The summed E-state index contributed by atoms with van der Waals surface area (Å²) in [5.74, 6) is 0.298. The van der Waals surface area contributed by atoms with Crippen molar-refractivity contribution in [3.05, 3.63) is 22.2 Å². The van der Waals surface area contributed by atoms with E-state index >= 15 is 0 Å². The molecule has 3 N–H and O–H groups in total. The van der Waals surface area contributed by atoms with Crippen LogP contribution in [0.2, 0.25) is 0 Å². The summed E-state index contributed by atoms with van der Waals surface area (Å²) in [6, 6.07) is 3.74. The molecule has 0 heterocycles. The Hall–Kier alpha value is -0.700. The van der Waals surface area contributed by atoms with E-state index in [0.29, 0.717) is 15.9 Å². The molecule has 2 nitrogen and oxygen atoms in total. The molecule has 0 aliphatic carbocycles. The largest absolute Gasteiger partial charge is 0.506 e. The SMILES string of the molecule is CCCCCCc1ccc(N)c(Br)c1O. The highest BCUT2D eigenvalue weighted by Crippen LogP contribution is 2.33. The van der Waals surface area contributed by atoms with Crippen molar-refractivity contribution in [3.63, 3.8) is 0 Å². The Morgan fingerprint density at radius 2 is 2.00 bits per heavy atom. The van der Waals surface area contributed by atoms with E-state index in [1.165, 1.54) is 19.3 Å². The Morgan fingerprint density at radius 1 is 1.27 bits per heavy atom. The topological polar surface area (TPSA) is 46.2 Å². The monoisotopic (exact) mass is 271 g/mol. The van der Waals surface area contributed by atoms with Crippen LogP contribution in [-0.4, -0.2) is 5.11 Å². The number of anilines is 1. The van der Waals surface area contributed by atoms with E-state index in [1.54, 1.807) is 0 Å². The minimum atomic E-state index is 0.298. The molecule has 84 valence electrons. The quantitative estimate of drug-likeness (QED) is 0.631. The maximum absolute atomic E-state index is 9.81. The highest BCUT2D eigenvalue weighted by atomic mass is 79.9. The summed E-state index contributed by atoms with van der Waals surface area (Å²) in [4.78, 5) is 0. The van der Waals surface area contributed by atoms with Crippen molar-refractivity contribution in [1.82, 2.24) is 0 Å². The summed E-state index contributed by atoms with van der Waals surface area (Å²) in [6.45, 7) is 2.19. The van der Waals surface area contributed by atoms with Crippen molar-refractivity contribution >= 4 is 21.6 Å². The molecule has 0 amide bonds. The standard InChI is InChI=1S/C12H18BrNO/c1-2-3-4-5-6-9-7-8-10(14)11(13)12(9)15/h7-8,15H,2-6,14H2,1H3. The van der Waals surface area contributed by atoms with Crippen LogP contribution in [0.3, 0.4) is 0 Å². The van der Waals surface area contributed by atoms with Crippen LogP contribution in [0.1, 0.15) is 38.2 Å². The fourth-order valence-corrected chi connectivity index (χ4v) is 1.95. The Bertz CT molecular complexity index is 326. The predicted molar refractivity (Wildman–Crippen MR) is 68.1 cm³/mol. The molecule has 0 saturated heterocycles. The lowest BCUT2D eigenvalue weighted by atomic mass is 10.1. The van der Waals surface area contributed by atoms with Gasteiger partial charge in [0.05, 0.1) is 4.47 Å². The van der Waals surface area contributed by atoms with E-state index in [-0.39, 0.29) is 0 Å². The molecule has 1 rings (SSSR count). The van der Waals surface area contributed by atoms with Gasteiger partial charge in [0, 0.05) is 5.69 Å². The second-order valence-electron chi connectivity index (χ2n) is 3.79. The highest BCUT2D eigenvalue weighted by Gasteiger charge is 2.07. The summed E-state index contributed by atoms with van der Waals surface area (Å²) < 4.78 is 0.621. The lowest BCUT2D eigenvalue weighted by Crippen LogP contribution is -1.92. The van der Waals surface area contributed by atoms with Crippen LogP contribution >= 0.6 is 15.9 Å². The number of aryl methyl sites for hydroxylation is 1. The van der Waals surface area contributed by atoms with Crippen molar-refractivity contribution in [3.8, 4) is 5.75 Å². The molecule has 0 fully saturated rings. The second kappa shape index (κ2) is 6.01. The number of phenolic OH excluding ortho intramolecular Hbond substituents is 1. The van der Waals surface area contributed by atoms with Gasteiger partial charge in [0.15, 0.2) is 0 Å². The van der Waals surface area contributed by atoms with E-state index in [2.05, 4.69) is 22.9 Å². The van der Waals surface area contributed by atoms with Crippen LogP contribution in [0.15, 0.2) is 16.6 Å². The third kappa shape index (κ3) is 3.42. The molecule has 15 heavy (non-hydrogen) atoms. The maximum atomic E-state index is 9.81. The minimum absolute atomic E-state index is 0.298. The molecule has 0 unspecified atom stereocenters. The summed E-state index contributed by atoms with van der Waals surface area (Å²) >= 11 is 3.28. The molecular formula is C12H18BrNO. The molecule has 1 aromatic carbocycles. The first-order valence-corrected chi connectivity index (χ1v) is 6.22. The van der Waals surface area contributed by atoms with Crippen molar-refractivity contribution < 1.29 is 5.11 Å². The fraction of sp³-hybridized carbons (Fsp3) is 0.500. The van der Waals surface area contributed by atoms with Crippen LogP contribution in [0, 0.1) is 0 Å². The van der Waals surface area contributed by atoms with Crippen LogP contribution in [0.25, 0.3) is 0 Å². The van der Waals surface area contributed by atoms with Gasteiger partial charge in [-0.15, -0.1) is 0 Å². The van der Waals surface area contributed by atoms with Crippen molar-refractivity contribution in [1.29, 1.82) is 0 Å². The van der Waals surface area contributed by atoms with Gasteiger partial charge in [-0.3, -0.25) is 0 Å². The van der Waals surface area contributed by atoms with Gasteiger partial charge in [-0.1, -0.05) is 32.3 Å². The summed E-state index contributed by atoms with van der Waals surface area (Å²) in [7, 11) is 0. The second-order valence-corrected chi connectivity index (χ2v) is 4.58. The first-order valence-electron chi connectivity index (χ1n) is 5.42. The third-order valence-corrected chi connectivity index (χ3v) is 3.36. The van der Waals surface area contributed by atoms with Crippen LogP contribution in [0.5, 0.6) is 5.75 Å². The number of halogens is 1. The Kier molecular flexibility index (Phi) is 4.95. The number of aromatic hydroxyl groups is 1. The molecule has 0 aliphatic rings. The average Bonchev–Trinajstić information content (AvgIpc) is 2.24. The number of hydrogen-bond donors (Lipinski definition) is 2. The van der Waals surface area contributed by atoms with Gasteiger partial charge >= 0.3 is 0 Å². The number of phenols is 1. The molecule has 0 atom stereocenters. The van der Waals surface area contributed by atoms with E-state index in [0.717, 1.165) is 18.4 Å². The van der Waals surface area contributed by atoms with Crippen molar-refractivity contribution in [2.75, 3.05) is 5.73 Å². The smallest absolute Gasteiger partial charge is 0.135 e. The first kappa shape index (κ1) is 12.4. The lowest BCUT2D eigenvalue weighted by Gasteiger charge is -2.08. The lowest BCUT2D eigenvalue weighted by molar-refractivity contribution is 0.463. The van der Waals surface area contributed by atoms with Crippen molar-refractivity contribution in [2.45, 2.75) is 39.0 Å². The fourth-order valence-electron chi connectivity index (χ4n) is 1.56. The average molecular weight is 272 g/mol. The summed E-state index contributed by atoms with van der Waals surface area (Å²) in [5, 5.41) is 9.81. The minimum Gasteiger partial charge on any atom is -0.506 e. The highest BCUT2D eigenvalue weighted by molar-refractivity contribution is 9.10. The van der Waals surface area contributed by atoms with Gasteiger partial charge in [-0.2, -0.15) is 0 Å². The number of nitrogens with two attached hydrogens (primary N) is 1. The zero-order chi connectivity index (χ0) is 11.3. The number of rotatable bonds is 5. The van der Waals surface area contributed by atoms with Gasteiger partial charge in [0.25, 0.3) is 0 Å². The Morgan fingerprint density at radius 3 is 2.67 bits per heavy atom. The van der Waals surface area contributed by atoms with Crippen molar-refractivity contribution in [2.24, 2.45) is 0 Å². The van der Waals surface area contributed by atoms with Gasteiger partial charge in [0.1, 0.15) is 5.75 Å². The van der Waals surface area contributed by atoms with E-state index < -0.39 is 0 Å². The molecule has 0 saturated carbocycles. The molecular weight excluding hydrogens is 254 g/mol. The normalized spacial score (nSPS) is 10.5. The van der Waals surface area contributed by atoms with Crippen LogP contribution in [-0.2, 0) is 6.42 Å². The van der Waals surface area contributed by atoms with Gasteiger partial charge in [0.2, 0.25) is 0 Å². The van der Waals surface area contributed by atoms with Gasteiger partial charge < -0.3 is 10.8 Å². The Balaban J connectivity index is 2.58. The number of benzene rings is 1. The number of nitrogen functional groups attached to an aromatic ring is 1. The zero-order valence-corrected chi connectivity index (χ0v) is 10.7. The first-order chi connectivity index (χ1) is 7.16. The number of hydrogen-bond acceptors (Lipinski definition) is 2. The van der Waals surface area contributed by atoms with Gasteiger partial charge in [-0.05, 0) is 40.4 Å². The molecule has 0 aliphatic heterocycles. The molecule has 0 radical (unpaired) electrons. The maximum Gasteiger partial charge on any atom is 0.135 e. The number of unbranched alkanes of at least 4 members (excludes halogenated alkanes) is 3. The molecule has 0 spiro atoms. The van der Waals surface area contributed by atoms with Crippen LogP contribution < -0.4 is 5.73 Å². The summed E-state index contributed by atoms with van der Waals surface area (Å²) in [6.07, 6.45) is 5.76. The van der Waals surface area contributed by atoms with E-state index in [1.807, 2.05) is 12.1 Å². The summed E-state index contributed by atoms with van der Waals surface area (Å²) in [5.41, 5.74) is 7.23. The van der Waals surface area contributed by atoms with E-state index in [4.69, 9.17) is 5.73 Å².